The van der Waals surface area contributed by atoms with Gasteiger partial charge in [0, 0.05) is 42.2 Å². The molecular formula is C14H14N4O2S. The molecule has 3 rings (SSSR count). The van der Waals surface area contributed by atoms with Gasteiger partial charge >= 0.3 is 0 Å². The van der Waals surface area contributed by atoms with Crippen molar-refractivity contribution in [2.75, 3.05) is 17.1 Å². The number of nitrogen functional groups attached to an aromatic ring is 1. The van der Waals surface area contributed by atoms with E-state index in [-0.39, 0.29) is 4.90 Å². The minimum Gasteiger partial charge on any atom is -0.399 e. The molecule has 2 heterocycles. The first kappa shape index (κ1) is 13.4. The monoisotopic (exact) mass is 302 g/mol. The fraction of sp³-hybridized carbons (Fsp3) is 0.0714. The van der Waals surface area contributed by atoms with Gasteiger partial charge in [-0.1, -0.05) is 0 Å². The summed E-state index contributed by atoms with van der Waals surface area (Å²) in [4.78, 5) is 7.05. The first-order chi connectivity index (χ1) is 10.00. The van der Waals surface area contributed by atoms with Crippen LogP contribution in [-0.4, -0.2) is 25.4 Å². The summed E-state index contributed by atoms with van der Waals surface area (Å²) < 4.78 is 26.7. The molecular weight excluding hydrogens is 288 g/mol. The smallest absolute Gasteiger partial charge is 0.266 e. The lowest BCUT2D eigenvalue weighted by Gasteiger charge is -2.18. The minimum absolute atomic E-state index is 0.219. The van der Waals surface area contributed by atoms with Crippen LogP contribution in [0.3, 0.4) is 0 Å². The molecule has 0 radical (unpaired) electrons. The summed E-state index contributed by atoms with van der Waals surface area (Å²) in [5, 5.41) is 0.616. The predicted molar refractivity (Wildman–Crippen MR) is 82.5 cm³/mol. The molecule has 0 saturated heterocycles. The van der Waals surface area contributed by atoms with E-state index in [0.717, 1.165) is 0 Å². The molecule has 0 unspecified atom stereocenters. The van der Waals surface area contributed by atoms with Gasteiger partial charge in [0.05, 0.1) is 5.69 Å². The first-order valence-corrected chi connectivity index (χ1v) is 7.70. The quantitative estimate of drug-likeness (QED) is 0.723. The largest absolute Gasteiger partial charge is 0.399 e. The third-order valence-electron chi connectivity index (χ3n) is 3.33. The van der Waals surface area contributed by atoms with E-state index in [1.807, 2.05) is 0 Å². The van der Waals surface area contributed by atoms with Gasteiger partial charge in [0.1, 0.15) is 4.90 Å². The van der Waals surface area contributed by atoms with E-state index < -0.39 is 10.0 Å². The molecule has 0 fully saturated rings. The first-order valence-electron chi connectivity index (χ1n) is 6.26. The normalized spacial score (nSPS) is 11.7. The number of rotatable bonds is 3. The van der Waals surface area contributed by atoms with E-state index >= 15 is 0 Å². The Morgan fingerprint density at radius 2 is 1.90 bits per heavy atom. The van der Waals surface area contributed by atoms with Gasteiger partial charge in [-0.15, -0.1) is 0 Å². The number of pyridine rings is 1. The molecule has 0 aliphatic rings. The second kappa shape index (κ2) is 4.78. The Bertz CT molecular complexity index is 888. The molecule has 3 N–H and O–H groups in total. The van der Waals surface area contributed by atoms with Gasteiger partial charge in [-0.2, -0.15) is 0 Å². The van der Waals surface area contributed by atoms with Crippen molar-refractivity contribution in [3.8, 4) is 0 Å². The van der Waals surface area contributed by atoms with Gasteiger partial charge in [-0.3, -0.25) is 9.29 Å². The van der Waals surface area contributed by atoms with Crippen LogP contribution in [0, 0.1) is 0 Å². The van der Waals surface area contributed by atoms with Crippen LogP contribution in [0.15, 0.2) is 53.8 Å². The summed E-state index contributed by atoms with van der Waals surface area (Å²) in [7, 11) is -2.14. The number of fused-ring (bicyclic) bond motifs is 1. The van der Waals surface area contributed by atoms with Crippen molar-refractivity contribution in [2.45, 2.75) is 4.90 Å². The predicted octanol–water partition coefficient (Wildman–Crippen LogP) is 1.97. The van der Waals surface area contributed by atoms with Gasteiger partial charge in [0.2, 0.25) is 0 Å². The number of nitrogens with two attached hydrogens (primary N) is 1. The standard InChI is InChI=1S/C14H14N4O2S/c1-18(11-4-6-16-7-5-11)21(19,20)14-9-17-13-8-10(15)2-3-12(13)14/h2-9,17H,15H2,1H3. The Balaban J connectivity index is 2.13. The Morgan fingerprint density at radius 3 is 2.62 bits per heavy atom. The van der Waals surface area contributed by atoms with Crippen molar-refractivity contribution in [3.63, 3.8) is 0 Å². The van der Waals surface area contributed by atoms with Crippen LogP contribution in [0.25, 0.3) is 10.9 Å². The van der Waals surface area contributed by atoms with E-state index in [9.17, 15) is 8.42 Å². The number of H-pyrrole nitrogens is 1. The highest BCUT2D eigenvalue weighted by molar-refractivity contribution is 7.93. The average Bonchev–Trinajstić information content (AvgIpc) is 2.91. The SMILES string of the molecule is CN(c1ccncc1)S(=O)(=O)c1c[nH]c2cc(N)ccc12. The molecule has 21 heavy (non-hydrogen) atoms. The number of aromatic nitrogens is 2. The summed E-state index contributed by atoms with van der Waals surface area (Å²) >= 11 is 0. The molecule has 0 aliphatic heterocycles. The highest BCUT2D eigenvalue weighted by Gasteiger charge is 2.24. The van der Waals surface area contributed by atoms with Crippen LogP contribution in [0.2, 0.25) is 0 Å². The third-order valence-corrected chi connectivity index (χ3v) is 5.16. The molecule has 1 aromatic carbocycles. The number of sulfonamides is 1. The van der Waals surface area contributed by atoms with Crippen LogP contribution in [-0.2, 0) is 10.0 Å². The van der Waals surface area contributed by atoms with Gasteiger partial charge in [0.15, 0.2) is 0 Å². The zero-order chi connectivity index (χ0) is 15.0. The van der Waals surface area contributed by atoms with Crippen molar-refractivity contribution >= 4 is 32.3 Å². The summed E-state index contributed by atoms with van der Waals surface area (Å²) in [5.74, 6) is 0. The number of nitrogens with zero attached hydrogens (tertiary/aromatic N) is 2. The van der Waals surface area contributed by atoms with E-state index in [2.05, 4.69) is 9.97 Å². The van der Waals surface area contributed by atoms with Gasteiger partial charge in [0.25, 0.3) is 10.0 Å². The van der Waals surface area contributed by atoms with Crippen molar-refractivity contribution in [3.05, 3.63) is 48.9 Å². The van der Waals surface area contributed by atoms with E-state index in [1.54, 1.807) is 42.7 Å². The molecule has 7 heteroatoms. The average molecular weight is 302 g/mol. The van der Waals surface area contributed by atoms with E-state index in [0.29, 0.717) is 22.3 Å². The van der Waals surface area contributed by atoms with Crippen LogP contribution in [0.4, 0.5) is 11.4 Å². The second-order valence-electron chi connectivity index (χ2n) is 4.64. The molecule has 3 aromatic rings. The summed E-state index contributed by atoms with van der Waals surface area (Å²) in [5.41, 5.74) is 7.53. The summed E-state index contributed by atoms with van der Waals surface area (Å²) in [6.07, 6.45) is 4.59. The maximum atomic E-state index is 12.7. The topological polar surface area (TPSA) is 92.1 Å². The maximum Gasteiger partial charge on any atom is 0.266 e. The van der Waals surface area contributed by atoms with Gasteiger partial charge < -0.3 is 10.7 Å². The van der Waals surface area contributed by atoms with Crippen LogP contribution >= 0.6 is 0 Å². The van der Waals surface area contributed by atoms with Crippen molar-refractivity contribution in [2.24, 2.45) is 0 Å². The Hall–Kier alpha value is -2.54. The Labute approximate surface area is 122 Å². The molecule has 0 amide bonds. The lowest BCUT2D eigenvalue weighted by atomic mass is 10.2. The maximum absolute atomic E-state index is 12.7. The zero-order valence-corrected chi connectivity index (χ0v) is 12.1. The van der Waals surface area contributed by atoms with E-state index in [1.165, 1.54) is 17.5 Å². The van der Waals surface area contributed by atoms with Gasteiger partial charge in [-0.05, 0) is 30.3 Å². The lowest BCUT2D eigenvalue weighted by Crippen LogP contribution is -2.26. The molecule has 0 atom stereocenters. The number of hydrogen-bond donors (Lipinski definition) is 2. The highest BCUT2D eigenvalue weighted by Crippen LogP contribution is 2.28. The van der Waals surface area contributed by atoms with E-state index in [4.69, 9.17) is 5.73 Å². The van der Waals surface area contributed by atoms with Crippen molar-refractivity contribution in [1.29, 1.82) is 0 Å². The third kappa shape index (κ3) is 2.21. The van der Waals surface area contributed by atoms with Crippen LogP contribution in [0.5, 0.6) is 0 Å². The molecule has 108 valence electrons. The van der Waals surface area contributed by atoms with Crippen molar-refractivity contribution in [1.82, 2.24) is 9.97 Å². The minimum atomic E-state index is -3.65. The van der Waals surface area contributed by atoms with Gasteiger partial charge in [-0.25, -0.2) is 8.42 Å². The zero-order valence-electron chi connectivity index (χ0n) is 11.3. The Kier molecular flexibility index (Phi) is 3.06. The number of nitrogens with one attached hydrogen (secondary N) is 1. The molecule has 0 spiro atoms. The molecule has 0 saturated carbocycles. The summed E-state index contributed by atoms with van der Waals surface area (Å²) in [6, 6.07) is 8.38. The fourth-order valence-electron chi connectivity index (χ4n) is 2.17. The molecule has 0 bridgehead atoms. The Morgan fingerprint density at radius 1 is 1.19 bits per heavy atom. The van der Waals surface area contributed by atoms with Crippen LogP contribution in [0.1, 0.15) is 0 Å². The van der Waals surface area contributed by atoms with Crippen molar-refractivity contribution < 1.29 is 8.42 Å². The number of hydrogen-bond acceptors (Lipinski definition) is 4. The molecule has 6 nitrogen and oxygen atoms in total. The second-order valence-corrected chi connectivity index (χ2v) is 6.57. The summed E-state index contributed by atoms with van der Waals surface area (Å²) in [6.45, 7) is 0. The number of benzene rings is 1. The lowest BCUT2D eigenvalue weighted by molar-refractivity contribution is 0.595. The number of anilines is 2. The molecule has 0 aliphatic carbocycles. The fourth-order valence-corrected chi connectivity index (χ4v) is 3.53. The highest BCUT2D eigenvalue weighted by atomic mass is 32.2. The number of aromatic amines is 1. The van der Waals surface area contributed by atoms with Crippen LogP contribution < -0.4 is 10.0 Å². The molecule has 2 aromatic heterocycles.